The van der Waals surface area contributed by atoms with Gasteiger partial charge in [0.2, 0.25) is 0 Å². The maximum Gasteiger partial charge on any atom is 0.491 e. The summed E-state index contributed by atoms with van der Waals surface area (Å²) in [6.07, 6.45) is -11.3. The van der Waals surface area contributed by atoms with Crippen molar-refractivity contribution in [3.8, 4) is 0 Å². The van der Waals surface area contributed by atoms with Crippen LogP contribution in [0.1, 0.15) is 0 Å². The molecule has 0 aliphatic carbocycles. The van der Waals surface area contributed by atoms with Gasteiger partial charge in [-0.15, -0.1) is 26.3 Å². The molecule has 0 N–H and O–H groups in total. The second kappa shape index (κ2) is 3.42. The Morgan fingerprint density at radius 3 is 1.33 bits per heavy atom. The first-order chi connectivity index (χ1) is 5.19. The molecule has 0 aliphatic rings. The molecule has 0 saturated heterocycles. The summed E-state index contributed by atoms with van der Waals surface area (Å²) >= 11 is 4.59. The van der Waals surface area contributed by atoms with E-state index in [-0.39, 0.29) is 11.7 Å². The lowest BCUT2D eigenvalue weighted by molar-refractivity contribution is -0.353. The molecule has 0 bridgehead atoms. The Kier molecular flexibility index (Phi) is 3.25. The van der Waals surface area contributed by atoms with Gasteiger partial charge in [-0.05, 0) is 0 Å². The summed E-state index contributed by atoms with van der Waals surface area (Å²) in [6, 6.07) is 0. The number of hydrogen-bond acceptors (Lipinski definition) is 1. The van der Waals surface area contributed by atoms with E-state index in [4.69, 9.17) is 0 Å². The molecule has 1 nitrogen and oxygen atoms in total. The van der Waals surface area contributed by atoms with Crippen molar-refractivity contribution in [3.63, 3.8) is 0 Å². The second-order valence-corrected chi connectivity index (χ2v) is 1.83. The summed E-state index contributed by atoms with van der Waals surface area (Å²) in [6.45, 7) is 0. The Bertz CT molecular complexity index is 155. The molecule has 0 aromatic carbocycles. The predicted octanol–water partition coefficient (Wildman–Crippen LogP) is 3.04. The van der Waals surface area contributed by atoms with Gasteiger partial charge in [0.1, 0.15) is 0 Å². The van der Waals surface area contributed by atoms with Crippen LogP contribution < -0.4 is 0 Å². The minimum atomic E-state index is -5.51. The van der Waals surface area contributed by atoms with Gasteiger partial charge < -0.3 is 0 Å². The van der Waals surface area contributed by atoms with Crippen LogP contribution in [0.5, 0.6) is 0 Å². The van der Waals surface area contributed by atoms with Gasteiger partial charge in [0.15, 0.2) is 0 Å². The summed E-state index contributed by atoms with van der Waals surface area (Å²) in [7, 11) is 0. The van der Waals surface area contributed by atoms with Crippen LogP contribution >= 0.6 is 11.6 Å². The van der Waals surface area contributed by atoms with Crippen molar-refractivity contribution in [1.29, 1.82) is 0 Å². The molecule has 0 atom stereocenters. The molecular formula is C4H2ClF6N. The van der Waals surface area contributed by atoms with Crippen molar-refractivity contribution in [1.82, 2.24) is 4.90 Å². The van der Waals surface area contributed by atoms with Gasteiger partial charge in [-0.2, -0.15) is 4.90 Å². The molecule has 0 spiro atoms. The van der Waals surface area contributed by atoms with Gasteiger partial charge in [0.25, 0.3) is 0 Å². The SMILES string of the molecule is FC(F)(F)N(C=CCl)C(F)(F)F. The Hall–Kier alpha value is -0.590. The van der Waals surface area contributed by atoms with E-state index >= 15 is 0 Å². The lowest BCUT2D eigenvalue weighted by atomic mass is 10.7. The van der Waals surface area contributed by atoms with Crippen LogP contribution in [0.3, 0.4) is 0 Å². The summed E-state index contributed by atoms with van der Waals surface area (Å²) in [4.78, 5) is -1.76. The quantitative estimate of drug-likeness (QED) is 0.478. The topological polar surface area (TPSA) is 3.24 Å². The molecule has 0 fully saturated rings. The Morgan fingerprint density at radius 2 is 1.25 bits per heavy atom. The molecule has 0 heterocycles. The van der Waals surface area contributed by atoms with Crippen molar-refractivity contribution in [2.75, 3.05) is 0 Å². The van der Waals surface area contributed by atoms with E-state index in [1.807, 2.05) is 0 Å². The van der Waals surface area contributed by atoms with Gasteiger partial charge in [-0.1, -0.05) is 11.6 Å². The Labute approximate surface area is 68.2 Å². The number of halogens is 7. The van der Waals surface area contributed by atoms with Gasteiger partial charge in [0.05, 0.1) is 0 Å². The number of nitrogens with zero attached hydrogens (tertiary/aromatic N) is 1. The highest BCUT2D eigenvalue weighted by Gasteiger charge is 2.51. The smallest absolute Gasteiger partial charge is 0.199 e. The van der Waals surface area contributed by atoms with E-state index < -0.39 is 17.5 Å². The fourth-order valence-corrected chi connectivity index (χ4v) is 0.482. The largest absolute Gasteiger partial charge is 0.491 e. The maximum absolute atomic E-state index is 11.5. The molecule has 0 saturated carbocycles. The normalized spacial score (nSPS) is 13.9. The minimum absolute atomic E-state index is 0.126. The van der Waals surface area contributed by atoms with E-state index in [2.05, 4.69) is 11.6 Å². The average Bonchev–Trinajstić information content (AvgIpc) is 1.77. The average molecular weight is 214 g/mol. The van der Waals surface area contributed by atoms with E-state index in [0.29, 0.717) is 0 Å². The van der Waals surface area contributed by atoms with E-state index in [1.54, 1.807) is 0 Å². The van der Waals surface area contributed by atoms with Crippen LogP contribution in [-0.4, -0.2) is 17.5 Å². The van der Waals surface area contributed by atoms with Crippen LogP contribution in [0.15, 0.2) is 11.7 Å². The summed E-state index contributed by atoms with van der Waals surface area (Å²) in [5.74, 6) is 0. The molecule has 72 valence electrons. The van der Waals surface area contributed by atoms with Gasteiger partial charge >= 0.3 is 12.6 Å². The van der Waals surface area contributed by atoms with Crippen molar-refractivity contribution in [2.24, 2.45) is 0 Å². The third-order valence-electron chi connectivity index (χ3n) is 0.752. The van der Waals surface area contributed by atoms with Crippen LogP contribution in [0.2, 0.25) is 0 Å². The zero-order chi connectivity index (χ0) is 9.99. The van der Waals surface area contributed by atoms with Crippen molar-refractivity contribution >= 4 is 11.6 Å². The highest BCUT2D eigenvalue weighted by molar-refractivity contribution is 6.25. The highest BCUT2D eigenvalue weighted by atomic mass is 35.5. The summed E-state index contributed by atoms with van der Waals surface area (Å²) < 4.78 is 69.0. The minimum Gasteiger partial charge on any atom is -0.199 e. The fourth-order valence-electron chi connectivity index (χ4n) is 0.369. The molecule has 0 radical (unpaired) electrons. The molecule has 0 amide bonds. The second-order valence-electron chi connectivity index (χ2n) is 1.58. The van der Waals surface area contributed by atoms with Crippen LogP contribution in [0.4, 0.5) is 26.3 Å². The fraction of sp³-hybridized carbons (Fsp3) is 0.500. The van der Waals surface area contributed by atoms with E-state index in [0.717, 1.165) is 0 Å². The van der Waals surface area contributed by atoms with Crippen molar-refractivity contribution < 1.29 is 26.3 Å². The van der Waals surface area contributed by atoms with E-state index in [9.17, 15) is 26.3 Å². The molecule has 12 heavy (non-hydrogen) atoms. The van der Waals surface area contributed by atoms with Crippen LogP contribution in [0.25, 0.3) is 0 Å². The highest BCUT2D eigenvalue weighted by Crippen LogP contribution is 2.33. The molecule has 8 heteroatoms. The van der Waals surface area contributed by atoms with Crippen LogP contribution in [0, 0.1) is 0 Å². The molecule has 0 unspecified atom stereocenters. The Balaban J connectivity index is 4.69. The molecule has 0 aromatic heterocycles. The standard InChI is InChI=1S/C4H2ClF6N/c5-1-2-12(3(6,7)8)4(9,10)11/h1-2H. The number of rotatable bonds is 1. The zero-order valence-electron chi connectivity index (χ0n) is 5.25. The van der Waals surface area contributed by atoms with Gasteiger partial charge in [-0.25, -0.2) is 0 Å². The van der Waals surface area contributed by atoms with E-state index in [1.165, 1.54) is 0 Å². The van der Waals surface area contributed by atoms with Crippen molar-refractivity contribution in [2.45, 2.75) is 12.6 Å². The van der Waals surface area contributed by atoms with Crippen LogP contribution in [-0.2, 0) is 0 Å². The van der Waals surface area contributed by atoms with Gasteiger partial charge in [-0.3, -0.25) is 0 Å². The molecular weight excluding hydrogens is 211 g/mol. The molecule has 0 aliphatic heterocycles. The molecule has 0 rings (SSSR count). The Morgan fingerprint density at radius 1 is 0.917 bits per heavy atom. The van der Waals surface area contributed by atoms with Crippen molar-refractivity contribution in [3.05, 3.63) is 11.7 Å². The monoisotopic (exact) mass is 213 g/mol. The first kappa shape index (κ1) is 11.4. The molecule has 0 aromatic rings. The maximum atomic E-state index is 11.5. The first-order valence-electron chi connectivity index (χ1n) is 2.39. The predicted molar refractivity (Wildman–Crippen MR) is 28.9 cm³/mol. The number of hydrogen-bond donors (Lipinski definition) is 0. The summed E-state index contributed by atoms with van der Waals surface area (Å²) in [5, 5.41) is 0. The number of alkyl halides is 6. The van der Waals surface area contributed by atoms with Gasteiger partial charge in [0, 0.05) is 11.7 Å². The lowest BCUT2D eigenvalue weighted by Gasteiger charge is -2.24. The summed E-state index contributed by atoms with van der Waals surface area (Å²) in [5.41, 5.74) is 0.126. The first-order valence-corrected chi connectivity index (χ1v) is 2.83. The third kappa shape index (κ3) is 3.21. The zero-order valence-corrected chi connectivity index (χ0v) is 6.00. The third-order valence-corrected chi connectivity index (χ3v) is 0.864. The lowest BCUT2D eigenvalue weighted by Crippen LogP contribution is -2.43.